The number of para-hydroxylation sites is 1. The molecule has 2 rings (SSSR count). The van der Waals surface area contributed by atoms with E-state index in [-0.39, 0.29) is 17.7 Å². The van der Waals surface area contributed by atoms with Crippen molar-refractivity contribution >= 4 is 5.97 Å². The molecular formula is C12H11FN2O3. The smallest absolute Gasteiger partial charge is 0.310 e. The number of nitrogens with one attached hydrogen (secondary N) is 1. The third kappa shape index (κ3) is 2.17. The Morgan fingerprint density at radius 2 is 2.17 bits per heavy atom. The molecule has 0 saturated carbocycles. The second-order valence-electron chi connectivity index (χ2n) is 3.64. The molecule has 1 aromatic heterocycles. The van der Waals surface area contributed by atoms with Gasteiger partial charge >= 0.3 is 5.97 Å². The van der Waals surface area contributed by atoms with Gasteiger partial charge in [-0.3, -0.25) is 14.7 Å². The average Bonchev–Trinajstić information content (AvgIpc) is 2.72. The van der Waals surface area contributed by atoms with E-state index in [9.17, 15) is 14.0 Å². The molecule has 0 spiro atoms. The minimum absolute atomic E-state index is 0.110. The lowest BCUT2D eigenvalue weighted by molar-refractivity contribution is -0.139. The fraction of sp³-hybridized carbons (Fsp3) is 0.167. The van der Waals surface area contributed by atoms with Crippen molar-refractivity contribution in [2.24, 2.45) is 0 Å². The van der Waals surface area contributed by atoms with Gasteiger partial charge in [0.05, 0.1) is 13.5 Å². The zero-order valence-corrected chi connectivity index (χ0v) is 9.64. The van der Waals surface area contributed by atoms with Gasteiger partial charge in [0.25, 0.3) is 5.56 Å². The van der Waals surface area contributed by atoms with Crippen LogP contribution >= 0.6 is 0 Å². The zero-order valence-electron chi connectivity index (χ0n) is 9.64. The predicted octanol–water partition coefficient (Wildman–Crippen LogP) is 1.02. The number of nitrogens with zero attached hydrogens (tertiary/aromatic N) is 1. The molecule has 0 amide bonds. The Kier molecular flexibility index (Phi) is 3.27. The number of rotatable bonds is 3. The Morgan fingerprint density at radius 3 is 2.83 bits per heavy atom. The van der Waals surface area contributed by atoms with Gasteiger partial charge < -0.3 is 4.74 Å². The first-order valence-electron chi connectivity index (χ1n) is 5.24. The Bertz CT molecular complexity index is 630. The van der Waals surface area contributed by atoms with E-state index in [0.29, 0.717) is 0 Å². The zero-order chi connectivity index (χ0) is 13.1. The molecule has 6 heteroatoms. The lowest BCUT2D eigenvalue weighted by atomic mass is 10.2. The number of aromatic nitrogens is 2. The van der Waals surface area contributed by atoms with Crippen molar-refractivity contribution in [1.82, 2.24) is 9.78 Å². The SMILES string of the molecule is COC(=O)Cc1c[nH]n(-c2ccccc2F)c1=O. The number of esters is 1. The van der Waals surface area contributed by atoms with Crippen LogP contribution in [0.4, 0.5) is 4.39 Å². The van der Waals surface area contributed by atoms with Crippen molar-refractivity contribution < 1.29 is 13.9 Å². The fourth-order valence-corrected chi connectivity index (χ4v) is 1.57. The number of H-pyrrole nitrogens is 1. The molecule has 1 heterocycles. The highest BCUT2D eigenvalue weighted by Crippen LogP contribution is 2.09. The van der Waals surface area contributed by atoms with E-state index >= 15 is 0 Å². The molecule has 0 fully saturated rings. The third-order valence-corrected chi connectivity index (χ3v) is 2.50. The number of hydrogen-bond acceptors (Lipinski definition) is 3. The topological polar surface area (TPSA) is 64.1 Å². The van der Waals surface area contributed by atoms with Crippen LogP contribution in [0.5, 0.6) is 0 Å². The number of carbonyl (C=O) groups excluding carboxylic acids is 1. The molecule has 0 unspecified atom stereocenters. The molecule has 0 bridgehead atoms. The van der Waals surface area contributed by atoms with Crippen LogP contribution in [0, 0.1) is 5.82 Å². The summed E-state index contributed by atoms with van der Waals surface area (Å²) < 4.78 is 19.0. The van der Waals surface area contributed by atoms with E-state index in [2.05, 4.69) is 9.84 Å². The minimum atomic E-state index is -0.522. The van der Waals surface area contributed by atoms with Crippen LogP contribution in [0.1, 0.15) is 5.56 Å². The minimum Gasteiger partial charge on any atom is -0.469 e. The maximum atomic E-state index is 13.5. The molecule has 1 N–H and O–H groups in total. The van der Waals surface area contributed by atoms with Crippen molar-refractivity contribution in [3.8, 4) is 5.69 Å². The van der Waals surface area contributed by atoms with E-state index in [0.717, 1.165) is 4.68 Å². The van der Waals surface area contributed by atoms with Gasteiger partial charge in [-0.1, -0.05) is 12.1 Å². The molecule has 18 heavy (non-hydrogen) atoms. The van der Waals surface area contributed by atoms with Crippen LogP contribution in [0.15, 0.2) is 35.3 Å². The van der Waals surface area contributed by atoms with Gasteiger partial charge in [0, 0.05) is 11.8 Å². The summed E-state index contributed by atoms with van der Waals surface area (Å²) in [6.07, 6.45) is 1.22. The number of carbonyl (C=O) groups is 1. The molecule has 5 nitrogen and oxygen atoms in total. The molecule has 1 aromatic carbocycles. The number of benzene rings is 1. The van der Waals surface area contributed by atoms with Gasteiger partial charge in [0.2, 0.25) is 0 Å². The second-order valence-corrected chi connectivity index (χ2v) is 3.64. The van der Waals surface area contributed by atoms with Crippen LogP contribution in [0.25, 0.3) is 5.69 Å². The van der Waals surface area contributed by atoms with Gasteiger partial charge in [-0.05, 0) is 12.1 Å². The van der Waals surface area contributed by atoms with Gasteiger partial charge in [-0.15, -0.1) is 0 Å². The summed E-state index contributed by atoms with van der Waals surface area (Å²) in [5, 5.41) is 2.62. The van der Waals surface area contributed by atoms with Crippen molar-refractivity contribution in [2.75, 3.05) is 7.11 Å². The number of ether oxygens (including phenoxy) is 1. The Hall–Kier alpha value is -2.37. The maximum Gasteiger partial charge on any atom is 0.310 e. The van der Waals surface area contributed by atoms with Crippen LogP contribution in [0.2, 0.25) is 0 Å². The van der Waals surface area contributed by atoms with Crippen molar-refractivity contribution in [1.29, 1.82) is 0 Å². The number of aromatic amines is 1. The highest BCUT2D eigenvalue weighted by Gasteiger charge is 2.13. The highest BCUT2D eigenvalue weighted by atomic mass is 19.1. The summed E-state index contributed by atoms with van der Waals surface area (Å²) in [5.41, 5.74) is -0.130. The van der Waals surface area contributed by atoms with Crippen LogP contribution in [-0.2, 0) is 16.0 Å². The number of hydrogen-bond donors (Lipinski definition) is 1. The van der Waals surface area contributed by atoms with Gasteiger partial charge in [-0.2, -0.15) is 0 Å². The predicted molar refractivity (Wildman–Crippen MR) is 62.1 cm³/mol. The summed E-state index contributed by atoms with van der Waals surface area (Å²) in [4.78, 5) is 23.0. The van der Waals surface area contributed by atoms with Gasteiger partial charge in [0.15, 0.2) is 0 Å². The van der Waals surface area contributed by atoms with Gasteiger partial charge in [-0.25, -0.2) is 9.07 Å². The first-order chi connectivity index (χ1) is 8.63. The number of methoxy groups -OCH3 is 1. The maximum absolute atomic E-state index is 13.5. The van der Waals surface area contributed by atoms with Crippen LogP contribution in [0.3, 0.4) is 0 Å². The Labute approximate surface area is 102 Å². The lowest BCUT2D eigenvalue weighted by Gasteiger charge is -2.01. The van der Waals surface area contributed by atoms with E-state index < -0.39 is 17.3 Å². The molecule has 0 saturated heterocycles. The first-order valence-corrected chi connectivity index (χ1v) is 5.24. The monoisotopic (exact) mass is 250 g/mol. The first kappa shape index (κ1) is 12.1. The Balaban J connectivity index is 2.41. The lowest BCUT2D eigenvalue weighted by Crippen LogP contribution is -2.20. The molecule has 0 aliphatic rings. The Morgan fingerprint density at radius 1 is 1.44 bits per heavy atom. The molecular weight excluding hydrogens is 239 g/mol. The molecule has 0 aliphatic heterocycles. The molecule has 0 aliphatic carbocycles. The van der Waals surface area contributed by atoms with Gasteiger partial charge in [0.1, 0.15) is 11.5 Å². The molecule has 94 valence electrons. The second kappa shape index (κ2) is 4.87. The summed E-state index contributed by atoms with van der Waals surface area (Å²) in [5.74, 6) is -1.04. The van der Waals surface area contributed by atoms with E-state index in [4.69, 9.17) is 0 Å². The van der Waals surface area contributed by atoms with E-state index in [1.54, 1.807) is 6.07 Å². The standard InChI is InChI=1S/C12H11FN2O3/c1-18-11(16)6-8-7-14-15(12(8)17)10-5-3-2-4-9(10)13/h2-5,7,14H,6H2,1H3. The van der Waals surface area contributed by atoms with Crippen molar-refractivity contribution in [2.45, 2.75) is 6.42 Å². The average molecular weight is 250 g/mol. The normalized spacial score (nSPS) is 10.3. The van der Waals surface area contributed by atoms with Crippen molar-refractivity contribution in [3.05, 3.63) is 52.2 Å². The fourth-order valence-electron chi connectivity index (χ4n) is 1.57. The summed E-state index contributed by atoms with van der Waals surface area (Å²) in [6, 6.07) is 5.87. The largest absolute Gasteiger partial charge is 0.469 e. The highest BCUT2D eigenvalue weighted by molar-refractivity contribution is 5.72. The van der Waals surface area contributed by atoms with Crippen LogP contribution < -0.4 is 5.56 Å². The number of halogens is 1. The summed E-state index contributed by atoms with van der Waals surface area (Å²) in [6.45, 7) is 0. The summed E-state index contributed by atoms with van der Waals surface area (Å²) >= 11 is 0. The van der Waals surface area contributed by atoms with E-state index in [1.165, 1.54) is 31.5 Å². The van der Waals surface area contributed by atoms with Crippen molar-refractivity contribution in [3.63, 3.8) is 0 Å². The van der Waals surface area contributed by atoms with Crippen LogP contribution in [-0.4, -0.2) is 22.9 Å². The summed E-state index contributed by atoms with van der Waals surface area (Å²) in [7, 11) is 1.24. The molecule has 0 atom stereocenters. The van der Waals surface area contributed by atoms with E-state index in [1.807, 2.05) is 0 Å². The quantitative estimate of drug-likeness (QED) is 0.827. The molecule has 2 aromatic rings. The molecule has 0 radical (unpaired) electrons. The third-order valence-electron chi connectivity index (χ3n) is 2.50.